The summed E-state index contributed by atoms with van der Waals surface area (Å²) in [5.74, 6) is 1.17. The lowest BCUT2D eigenvalue weighted by molar-refractivity contribution is 0.0918. The minimum atomic E-state index is -0.120. The van der Waals surface area contributed by atoms with Gasteiger partial charge < -0.3 is 9.88 Å². The van der Waals surface area contributed by atoms with E-state index in [1.807, 2.05) is 11.6 Å². The molecule has 1 amide bonds. The third-order valence-electron chi connectivity index (χ3n) is 4.29. The Morgan fingerprint density at radius 1 is 1.32 bits per heavy atom. The molecular weight excluding hydrogens is 278 g/mol. The summed E-state index contributed by atoms with van der Waals surface area (Å²) >= 11 is 0. The predicted octanol–water partition coefficient (Wildman–Crippen LogP) is 2.19. The highest BCUT2D eigenvalue weighted by molar-refractivity contribution is 5.92. The molecule has 0 aromatic carbocycles. The van der Waals surface area contributed by atoms with Gasteiger partial charge in [-0.2, -0.15) is 0 Å². The van der Waals surface area contributed by atoms with Gasteiger partial charge in [-0.1, -0.05) is 6.92 Å². The van der Waals surface area contributed by atoms with Crippen LogP contribution in [0.1, 0.15) is 43.1 Å². The first-order chi connectivity index (χ1) is 10.6. The molecule has 0 unspecified atom stereocenters. The molecule has 0 bridgehead atoms. The van der Waals surface area contributed by atoms with Gasteiger partial charge in [0.05, 0.1) is 12.5 Å². The van der Waals surface area contributed by atoms with Crippen LogP contribution in [-0.2, 0) is 7.05 Å². The molecule has 0 radical (unpaired) electrons. The number of carbonyl (C=O) groups is 1. The molecule has 0 saturated heterocycles. The fraction of sp³-hybridized carbons (Fsp3) is 0.500. The molecule has 1 aliphatic rings. The second kappa shape index (κ2) is 6.25. The van der Waals surface area contributed by atoms with Gasteiger partial charge in [-0.05, 0) is 37.7 Å². The van der Waals surface area contributed by atoms with E-state index >= 15 is 0 Å². The number of carbonyl (C=O) groups excluding carboxylic acids is 1. The number of aryl methyl sites for hydroxylation is 1. The summed E-state index contributed by atoms with van der Waals surface area (Å²) in [7, 11) is 1.88. The van der Waals surface area contributed by atoms with Crippen LogP contribution in [0.3, 0.4) is 0 Å². The van der Waals surface area contributed by atoms with Crippen LogP contribution < -0.4 is 5.32 Å². The molecular formula is C16H21N5O. The average Bonchev–Trinajstić information content (AvgIpc) is 2.96. The van der Waals surface area contributed by atoms with Crippen LogP contribution in [0, 0.1) is 5.92 Å². The van der Waals surface area contributed by atoms with E-state index in [0.717, 1.165) is 24.5 Å². The van der Waals surface area contributed by atoms with Crippen LogP contribution in [0.2, 0.25) is 0 Å². The first kappa shape index (κ1) is 14.7. The molecule has 2 aromatic rings. The second-order valence-corrected chi connectivity index (χ2v) is 6.09. The zero-order valence-electron chi connectivity index (χ0n) is 13.0. The van der Waals surface area contributed by atoms with Crippen molar-refractivity contribution < 1.29 is 4.79 Å². The fourth-order valence-corrected chi connectivity index (χ4v) is 2.84. The summed E-state index contributed by atoms with van der Waals surface area (Å²) < 4.78 is 1.83. The van der Waals surface area contributed by atoms with Crippen molar-refractivity contribution in [2.45, 2.75) is 38.6 Å². The molecule has 6 nitrogen and oxygen atoms in total. The molecule has 2 heterocycles. The molecule has 3 rings (SSSR count). The van der Waals surface area contributed by atoms with Crippen molar-refractivity contribution in [3.05, 3.63) is 30.5 Å². The summed E-state index contributed by atoms with van der Waals surface area (Å²) in [6.45, 7) is 2.27. The van der Waals surface area contributed by atoms with E-state index in [-0.39, 0.29) is 11.9 Å². The van der Waals surface area contributed by atoms with E-state index in [4.69, 9.17) is 0 Å². The normalized spacial score (nSPS) is 21.5. The van der Waals surface area contributed by atoms with Crippen molar-refractivity contribution in [1.82, 2.24) is 24.8 Å². The molecule has 6 heteroatoms. The van der Waals surface area contributed by atoms with Gasteiger partial charge in [0.25, 0.3) is 5.91 Å². The summed E-state index contributed by atoms with van der Waals surface area (Å²) in [5, 5.41) is 3.09. The van der Waals surface area contributed by atoms with Crippen LogP contribution >= 0.6 is 0 Å². The zero-order chi connectivity index (χ0) is 15.5. The maximum Gasteiger partial charge on any atom is 0.270 e. The smallest absolute Gasteiger partial charge is 0.270 e. The lowest BCUT2D eigenvalue weighted by Gasteiger charge is -2.26. The van der Waals surface area contributed by atoms with Crippen LogP contribution in [0.25, 0.3) is 11.5 Å². The van der Waals surface area contributed by atoms with E-state index < -0.39 is 0 Å². The molecule has 0 aliphatic heterocycles. The van der Waals surface area contributed by atoms with Crippen molar-refractivity contribution in [3.63, 3.8) is 0 Å². The number of hydrogen-bond donors (Lipinski definition) is 1. The Hall–Kier alpha value is -2.24. The highest BCUT2D eigenvalue weighted by Crippen LogP contribution is 2.23. The van der Waals surface area contributed by atoms with E-state index in [1.54, 1.807) is 24.8 Å². The van der Waals surface area contributed by atoms with E-state index in [1.165, 1.54) is 12.8 Å². The monoisotopic (exact) mass is 299 g/mol. The van der Waals surface area contributed by atoms with Crippen molar-refractivity contribution in [3.8, 4) is 11.5 Å². The van der Waals surface area contributed by atoms with Gasteiger partial charge in [-0.25, -0.2) is 15.0 Å². The number of hydrogen-bond acceptors (Lipinski definition) is 4. The molecule has 0 atom stereocenters. The molecule has 116 valence electrons. The van der Waals surface area contributed by atoms with Gasteiger partial charge in [0.1, 0.15) is 11.4 Å². The third kappa shape index (κ3) is 3.16. The number of rotatable bonds is 3. The number of aromatic nitrogens is 4. The maximum absolute atomic E-state index is 12.4. The first-order valence-corrected chi connectivity index (χ1v) is 7.74. The minimum Gasteiger partial charge on any atom is -0.348 e. The third-order valence-corrected chi connectivity index (χ3v) is 4.29. The van der Waals surface area contributed by atoms with Crippen molar-refractivity contribution >= 4 is 5.91 Å². The first-order valence-electron chi connectivity index (χ1n) is 7.74. The van der Waals surface area contributed by atoms with Crippen molar-refractivity contribution in [1.29, 1.82) is 0 Å². The molecule has 1 saturated carbocycles. The molecule has 2 aromatic heterocycles. The van der Waals surface area contributed by atoms with Crippen LogP contribution in [-0.4, -0.2) is 31.5 Å². The van der Waals surface area contributed by atoms with E-state index in [9.17, 15) is 4.79 Å². The zero-order valence-corrected chi connectivity index (χ0v) is 13.0. The lowest BCUT2D eigenvalue weighted by Crippen LogP contribution is -2.37. The number of nitrogens with zero attached hydrogens (tertiary/aromatic N) is 4. The van der Waals surface area contributed by atoms with Crippen molar-refractivity contribution in [2.24, 2.45) is 13.0 Å². The minimum absolute atomic E-state index is 0.120. The van der Waals surface area contributed by atoms with Crippen LogP contribution in [0.15, 0.2) is 24.8 Å². The van der Waals surface area contributed by atoms with Gasteiger partial charge in [0.15, 0.2) is 5.82 Å². The van der Waals surface area contributed by atoms with E-state index in [2.05, 4.69) is 27.2 Å². The maximum atomic E-state index is 12.4. The summed E-state index contributed by atoms with van der Waals surface area (Å²) in [4.78, 5) is 25.0. The largest absolute Gasteiger partial charge is 0.348 e. The van der Waals surface area contributed by atoms with Gasteiger partial charge in [-0.3, -0.25) is 4.79 Å². The summed E-state index contributed by atoms with van der Waals surface area (Å²) in [5.41, 5.74) is 1.20. The summed E-state index contributed by atoms with van der Waals surface area (Å²) in [6, 6.07) is 1.92. The fourth-order valence-electron chi connectivity index (χ4n) is 2.84. The Bertz CT molecular complexity index is 658. The van der Waals surface area contributed by atoms with E-state index in [0.29, 0.717) is 11.5 Å². The second-order valence-electron chi connectivity index (χ2n) is 6.09. The highest BCUT2D eigenvalue weighted by atomic mass is 16.1. The number of imidazole rings is 1. The molecule has 22 heavy (non-hydrogen) atoms. The Kier molecular flexibility index (Phi) is 4.18. The standard InChI is InChI=1S/C16H21N5O/c1-11-3-5-12(6-4-11)19-16(22)13-7-8-18-15(20-13)14-9-17-10-21(14)2/h7-12H,3-6H2,1-2H3,(H,19,22)/t11-,12-. The number of amides is 1. The lowest BCUT2D eigenvalue weighted by atomic mass is 9.87. The molecule has 1 aliphatic carbocycles. The Morgan fingerprint density at radius 3 is 2.77 bits per heavy atom. The summed E-state index contributed by atoms with van der Waals surface area (Å²) in [6.07, 6.45) is 9.45. The SMILES string of the molecule is Cn1cncc1-c1nccc(C(=O)N[C@H]2CC[C@H](C)CC2)n1. The van der Waals surface area contributed by atoms with Crippen molar-refractivity contribution in [2.75, 3.05) is 0 Å². The van der Waals surface area contributed by atoms with Gasteiger partial charge in [0, 0.05) is 19.3 Å². The molecule has 1 N–H and O–H groups in total. The van der Waals surface area contributed by atoms with Crippen LogP contribution in [0.4, 0.5) is 0 Å². The van der Waals surface area contributed by atoms with Gasteiger partial charge >= 0.3 is 0 Å². The van der Waals surface area contributed by atoms with Gasteiger partial charge in [0.2, 0.25) is 0 Å². The van der Waals surface area contributed by atoms with Crippen LogP contribution in [0.5, 0.6) is 0 Å². The van der Waals surface area contributed by atoms with Gasteiger partial charge in [-0.15, -0.1) is 0 Å². The molecule has 0 spiro atoms. The number of nitrogens with one attached hydrogen (secondary N) is 1. The predicted molar refractivity (Wildman–Crippen MR) is 83.1 cm³/mol. The Balaban J connectivity index is 1.72. The Labute approximate surface area is 130 Å². The average molecular weight is 299 g/mol. The molecule has 1 fully saturated rings. The highest BCUT2D eigenvalue weighted by Gasteiger charge is 2.21. The topological polar surface area (TPSA) is 72.7 Å². The Morgan fingerprint density at radius 2 is 2.09 bits per heavy atom. The quantitative estimate of drug-likeness (QED) is 0.943.